The van der Waals surface area contributed by atoms with Crippen LogP contribution in [0.5, 0.6) is 0 Å². The van der Waals surface area contributed by atoms with Crippen LogP contribution in [0.4, 0.5) is 51.2 Å². The van der Waals surface area contributed by atoms with Crippen molar-refractivity contribution in [3.05, 3.63) is 201 Å². The van der Waals surface area contributed by atoms with E-state index in [1.165, 1.54) is 136 Å². The van der Waals surface area contributed by atoms with Crippen molar-refractivity contribution in [2.75, 3.05) is 14.7 Å². The summed E-state index contributed by atoms with van der Waals surface area (Å²) in [4.78, 5) is 8.00. The van der Waals surface area contributed by atoms with Gasteiger partial charge in [-0.05, 0) is 221 Å². The summed E-state index contributed by atoms with van der Waals surface area (Å²) in [5.74, 6) is 0. The topological polar surface area (TPSA) is 9.72 Å². The van der Waals surface area contributed by atoms with Crippen molar-refractivity contribution in [1.82, 2.24) is 0 Å². The van der Waals surface area contributed by atoms with E-state index in [1.807, 2.05) is 0 Å². The number of nitrogens with zero attached hydrogens (tertiary/aromatic N) is 3. The molecule has 0 spiro atoms. The third-order valence-corrected chi connectivity index (χ3v) is 21.1. The lowest BCUT2D eigenvalue weighted by Crippen LogP contribution is -2.61. The lowest BCUT2D eigenvalue weighted by molar-refractivity contribution is 0.332. The highest BCUT2D eigenvalue weighted by Crippen LogP contribution is 2.60. The van der Waals surface area contributed by atoms with Crippen molar-refractivity contribution in [2.45, 2.75) is 208 Å². The maximum absolute atomic E-state index is 2.75. The second kappa shape index (κ2) is 18.1. The Morgan fingerprint density at radius 1 is 0.417 bits per heavy atom. The highest BCUT2D eigenvalue weighted by atomic mass is 15.2. The first-order valence-corrected chi connectivity index (χ1v) is 31.6. The molecule has 84 heavy (non-hydrogen) atoms. The predicted octanol–water partition coefficient (Wildman–Crippen LogP) is 20.4. The molecule has 0 radical (unpaired) electrons. The fourth-order valence-electron chi connectivity index (χ4n) is 16.6. The largest absolute Gasteiger partial charge is 0.311 e. The Bertz CT molecular complexity index is 3990. The van der Waals surface area contributed by atoms with Gasteiger partial charge >= 0.3 is 0 Å². The maximum atomic E-state index is 2.75. The van der Waals surface area contributed by atoms with Gasteiger partial charge in [0.1, 0.15) is 0 Å². The normalized spacial score (nSPS) is 18.1. The Kier molecular flexibility index (Phi) is 12.2. The number of hydrogen-bond acceptors (Lipinski definition) is 3. The van der Waals surface area contributed by atoms with Crippen LogP contribution in [0.2, 0.25) is 0 Å². The van der Waals surface area contributed by atoms with Crippen molar-refractivity contribution in [3.63, 3.8) is 0 Å². The molecule has 2 heterocycles. The molecule has 13 rings (SSSR count). The smallest absolute Gasteiger partial charge is 0.252 e. The Morgan fingerprint density at radius 2 is 0.905 bits per heavy atom. The van der Waals surface area contributed by atoms with Gasteiger partial charge in [0.2, 0.25) is 0 Å². The van der Waals surface area contributed by atoms with Crippen molar-refractivity contribution in [3.8, 4) is 11.1 Å². The van der Waals surface area contributed by atoms with Crippen molar-refractivity contribution < 1.29 is 0 Å². The van der Waals surface area contributed by atoms with Crippen LogP contribution in [0, 0.1) is 13.8 Å². The summed E-state index contributed by atoms with van der Waals surface area (Å²) in [6.07, 6.45) is 3.46. The molecule has 4 heteroatoms. The van der Waals surface area contributed by atoms with E-state index in [4.69, 9.17) is 0 Å². The van der Waals surface area contributed by atoms with Crippen LogP contribution < -0.4 is 31.1 Å². The highest BCUT2D eigenvalue weighted by Gasteiger charge is 2.50. The molecule has 0 fully saturated rings. The molecule has 430 valence electrons. The van der Waals surface area contributed by atoms with E-state index in [9.17, 15) is 0 Å². The van der Waals surface area contributed by atoms with Gasteiger partial charge in [-0.25, -0.2) is 0 Å². The molecule has 0 unspecified atom stereocenters. The second-order valence-corrected chi connectivity index (χ2v) is 32.6. The Morgan fingerprint density at radius 3 is 1.46 bits per heavy atom. The summed E-state index contributed by atoms with van der Waals surface area (Å²) in [5, 5.41) is 0. The number of hydrogen-bond donors (Lipinski definition) is 0. The summed E-state index contributed by atoms with van der Waals surface area (Å²) in [7, 11) is 0. The average Bonchev–Trinajstić information content (AvgIpc) is 1.10. The van der Waals surface area contributed by atoms with Gasteiger partial charge in [-0.2, -0.15) is 0 Å². The Labute approximate surface area is 506 Å². The predicted molar refractivity (Wildman–Crippen MR) is 364 cm³/mol. The number of fused-ring (bicyclic) bond motifs is 9. The third kappa shape index (κ3) is 8.47. The lowest BCUT2D eigenvalue weighted by atomic mass is 9.33. The zero-order valence-corrected chi connectivity index (χ0v) is 54.8. The molecule has 2 aliphatic heterocycles. The van der Waals surface area contributed by atoms with Crippen molar-refractivity contribution in [1.29, 1.82) is 0 Å². The van der Waals surface area contributed by atoms with E-state index >= 15 is 0 Å². The lowest BCUT2D eigenvalue weighted by Gasteiger charge is -2.47. The fourth-order valence-corrected chi connectivity index (χ4v) is 16.6. The first-order chi connectivity index (χ1) is 39.1. The van der Waals surface area contributed by atoms with E-state index in [1.54, 1.807) is 0 Å². The zero-order valence-electron chi connectivity index (χ0n) is 54.8. The molecule has 0 amide bonds. The molecule has 0 saturated carbocycles. The first-order valence-electron chi connectivity index (χ1n) is 31.6. The van der Waals surface area contributed by atoms with Gasteiger partial charge in [-0.1, -0.05) is 204 Å². The molecule has 8 aromatic carbocycles. The quantitative estimate of drug-likeness (QED) is 0.159. The van der Waals surface area contributed by atoms with Crippen LogP contribution in [-0.4, -0.2) is 6.71 Å². The van der Waals surface area contributed by atoms with E-state index < -0.39 is 0 Å². The average molecular weight is 1110 g/mol. The molecule has 3 aliphatic carbocycles. The molecule has 0 bridgehead atoms. The molecule has 5 aliphatic rings. The summed E-state index contributed by atoms with van der Waals surface area (Å²) >= 11 is 0. The van der Waals surface area contributed by atoms with Crippen LogP contribution in [0.25, 0.3) is 11.1 Å². The van der Waals surface area contributed by atoms with E-state index in [-0.39, 0.29) is 50.0 Å². The van der Waals surface area contributed by atoms with Crippen LogP contribution >= 0.6 is 0 Å². The van der Waals surface area contributed by atoms with Gasteiger partial charge in [0.15, 0.2) is 0 Å². The van der Waals surface area contributed by atoms with Gasteiger partial charge in [0, 0.05) is 56.5 Å². The second-order valence-electron chi connectivity index (χ2n) is 32.6. The van der Waals surface area contributed by atoms with Gasteiger partial charge in [0.05, 0.1) is 5.69 Å². The Hall–Kier alpha value is -6.78. The minimum Gasteiger partial charge on any atom is -0.311 e. The monoisotopic (exact) mass is 1110 g/mol. The number of rotatable bonds is 5. The molecule has 0 aromatic heterocycles. The first kappa shape index (κ1) is 56.4. The molecular formula is C80H92BN3. The zero-order chi connectivity index (χ0) is 60.1. The number of anilines is 9. The van der Waals surface area contributed by atoms with Gasteiger partial charge in [0.25, 0.3) is 6.71 Å². The Balaban J connectivity index is 1.16. The van der Waals surface area contributed by atoms with E-state index in [0.29, 0.717) is 0 Å². The third-order valence-electron chi connectivity index (χ3n) is 21.1. The van der Waals surface area contributed by atoms with Crippen molar-refractivity contribution in [2.24, 2.45) is 0 Å². The summed E-state index contributed by atoms with van der Waals surface area (Å²) < 4.78 is 0. The maximum Gasteiger partial charge on any atom is 0.252 e. The van der Waals surface area contributed by atoms with Crippen molar-refractivity contribution >= 4 is 74.3 Å². The summed E-state index contributed by atoms with van der Waals surface area (Å²) in [5.41, 5.74) is 33.2. The molecular weight excluding hydrogens is 1010 g/mol. The summed E-state index contributed by atoms with van der Waals surface area (Å²) in [6.45, 7) is 50.6. The fraction of sp³-hybridized carbons (Fsp3) is 0.400. The van der Waals surface area contributed by atoms with E-state index in [0.717, 1.165) is 23.5 Å². The van der Waals surface area contributed by atoms with Gasteiger partial charge in [-0.3, -0.25) is 0 Å². The molecule has 0 atom stereocenters. The van der Waals surface area contributed by atoms with Gasteiger partial charge < -0.3 is 14.7 Å². The van der Waals surface area contributed by atoms with Crippen LogP contribution in [-0.2, 0) is 43.3 Å². The van der Waals surface area contributed by atoms with Crippen LogP contribution in [0.1, 0.15) is 212 Å². The van der Waals surface area contributed by atoms with Gasteiger partial charge in [-0.15, -0.1) is 0 Å². The SMILES string of the molecule is Cc1cc2c3c(c1)N(c1ccc(C(C)(C)C)c4c1-c1ccccc1C4(C)C)c1cc(N(c4ccc(C(C)(C)C)cc4)c4ccc(C(C)(C)C)cc4)ccc1B3c1cc3c(cc1N2c1cc2c(cc1C)C(C)(C)CCC2(C)C)C(C)(C)CC3(C)C. The molecule has 0 saturated heterocycles. The van der Waals surface area contributed by atoms with Crippen LogP contribution in [0.3, 0.4) is 0 Å². The minimum atomic E-state index is -0.224. The molecule has 3 nitrogen and oxygen atoms in total. The number of aryl methyl sites for hydroxylation is 2. The summed E-state index contributed by atoms with van der Waals surface area (Å²) in [6, 6.07) is 56.3. The molecule has 0 N–H and O–H groups in total. The minimum absolute atomic E-state index is 0.000929. The standard InChI is InChI=1S/C80H92BN3/c1-48-40-68-72-69(41-48)84(65-45-60-58(42-49(65)2)76(12,13)38-39-77(60,14)15)67-46-61-59(78(16,17)47-79(61,18)19)44-63(67)81(72)62-36-34-54(82(52-30-26-50(27-31-52)73(3,4)5)53-32-28-51(29-33-53)74(6,7)8)43-66(62)83(68)64-37-35-57(75(9,10)11)71-70(64)55-24-22-23-25-56(55)80(71,20)21/h22-37,40-46H,38-39,47H2,1-21H3. The number of benzene rings is 8. The molecule has 8 aromatic rings. The highest BCUT2D eigenvalue weighted by molar-refractivity contribution is 7.00. The van der Waals surface area contributed by atoms with E-state index in [2.05, 4.69) is 300 Å². The van der Waals surface area contributed by atoms with Crippen LogP contribution in [0.15, 0.2) is 140 Å².